The molecule has 0 aromatic heterocycles. The molecule has 3 N–H and O–H groups in total. The molecule has 0 radical (unpaired) electrons. The van der Waals surface area contributed by atoms with Crippen LogP contribution in [0.25, 0.3) is 0 Å². The number of carbonyl (C=O) groups excluding carboxylic acids is 1. The number of amides is 1. The van der Waals surface area contributed by atoms with Crippen LogP contribution in [0, 0.1) is 11.6 Å². The molecule has 1 atom stereocenters. The zero-order valence-electron chi connectivity index (χ0n) is 10.2. The molecule has 2 aromatic carbocycles. The molecule has 0 bridgehead atoms. The maximum atomic E-state index is 13.2. The number of hydrogen-bond acceptors (Lipinski definition) is 2. The van der Waals surface area contributed by atoms with E-state index in [4.69, 9.17) is 17.3 Å². The smallest absolute Gasteiger partial charge is 0.244 e. The van der Waals surface area contributed by atoms with E-state index in [1.54, 1.807) is 24.3 Å². The van der Waals surface area contributed by atoms with Crippen LogP contribution in [0.4, 0.5) is 14.5 Å². The van der Waals surface area contributed by atoms with Crippen molar-refractivity contribution in [3.05, 3.63) is 64.7 Å². The summed E-state index contributed by atoms with van der Waals surface area (Å²) in [5.74, 6) is -2.72. The van der Waals surface area contributed by atoms with Gasteiger partial charge < -0.3 is 11.1 Å². The van der Waals surface area contributed by atoms with Gasteiger partial charge in [-0.1, -0.05) is 17.7 Å². The van der Waals surface area contributed by atoms with E-state index in [1.807, 2.05) is 0 Å². The number of carbonyl (C=O) groups is 1. The number of primary amides is 1. The van der Waals surface area contributed by atoms with Crippen LogP contribution in [0.15, 0.2) is 42.5 Å². The number of benzene rings is 2. The first kappa shape index (κ1) is 14.3. The Morgan fingerprint density at radius 3 is 2.30 bits per heavy atom. The lowest BCUT2D eigenvalue weighted by Gasteiger charge is -2.17. The van der Waals surface area contributed by atoms with Gasteiger partial charge in [0.1, 0.15) is 6.04 Å². The van der Waals surface area contributed by atoms with Gasteiger partial charge in [0.05, 0.1) is 0 Å². The SMILES string of the molecule is NC(=O)C(Nc1ccc(Cl)cc1)c1ccc(F)c(F)c1. The van der Waals surface area contributed by atoms with E-state index in [2.05, 4.69) is 5.32 Å². The van der Waals surface area contributed by atoms with Crippen molar-refractivity contribution in [2.45, 2.75) is 6.04 Å². The van der Waals surface area contributed by atoms with Crippen LogP contribution in [0.1, 0.15) is 11.6 Å². The van der Waals surface area contributed by atoms with E-state index >= 15 is 0 Å². The fourth-order valence-corrected chi connectivity index (χ4v) is 1.85. The molecule has 1 unspecified atom stereocenters. The minimum atomic E-state index is -1.04. The molecule has 0 saturated carbocycles. The maximum Gasteiger partial charge on any atom is 0.244 e. The van der Waals surface area contributed by atoms with Crippen LogP contribution in [0.2, 0.25) is 5.02 Å². The van der Waals surface area contributed by atoms with Gasteiger partial charge in [-0.15, -0.1) is 0 Å². The summed E-state index contributed by atoms with van der Waals surface area (Å²) in [7, 11) is 0. The molecule has 0 heterocycles. The number of rotatable bonds is 4. The Bertz CT molecular complexity index is 632. The van der Waals surface area contributed by atoms with E-state index in [0.29, 0.717) is 10.7 Å². The molecule has 20 heavy (non-hydrogen) atoms. The van der Waals surface area contributed by atoms with Crippen molar-refractivity contribution in [2.75, 3.05) is 5.32 Å². The Morgan fingerprint density at radius 1 is 1.10 bits per heavy atom. The van der Waals surface area contributed by atoms with Gasteiger partial charge in [0, 0.05) is 10.7 Å². The quantitative estimate of drug-likeness (QED) is 0.910. The molecular weight excluding hydrogens is 286 g/mol. The normalized spacial score (nSPS) is 11.9. The minimum absolute atomic E-state index is 0.242. The Morgan fingerprint density at radius 2 is 1.75 bits per heavy atom. The highest BCUT2D eigenvalue weighted by Crippen LogP contribution is 2.22. The van der Waals surface area contributed by atoms with Crippen LogP contribution in [0.3, 0.4) is 0 Å². The average molecular weight is 297 g/mol. The van der Waals surface area contributed by atoms with Gasteiger partial charge in [0.25, 0.3) is 0 Å². The largest absolute Gasteiger partial charge is 0.370 e. The van der Waals surface area contributed by atoms with Gasteiger partial charge in [0.2, 0.25) is 5.91 Å². The third kappa shape index (κ3) is 3.24. The summed E-state index contributed by atoms with van der Waals surface area (Å²) in [6.45, 7) is 0. The summed E-state index contributed by atoms with van der Waals surface area (Å²) in [4.78, 5) is 11.5. The molecule has 0 spiro atoms. The highest BCUT2D eigenvalue weighted by atomic mass is 35.5. The molecule has 6 heteroatoms. The van der Waals surface area contributed by atoms with Crippen LogP contribution < -0.4 is 11.1 Å². The van der Waals surface area contributed by atoms with Gasteiger partial charge in [-0.2, -0.15) is 0 Å². The second-order valence-electron chi connectivity index (χ2n) is 4.16. The second kappa shape index (κ2) is 5.88. The molecule has 2 rings (SSSR count). The standard InChI is InChI=1S/C14H11ClF2N2O/c15-9-2-4-10(5-3-9)19-13(14(18)20)8-1-6-11(16)12(17)7-8/h1-7,13,19H,(H2,18,20). The molecular formula is C14H11ClF2N2O. The van der Waals surface area contributed by atoms with E-state index in [-0.39, 0.29) is 5.56 Å². The van der Waals surface area contributed by atoms with Crippen LogP contribution in [-0.2, 0) is 4.79 Å². The zero-order valence-corrected chi connectivity index (χ0v) is 11.0. The number of nitrogens with two attached hydrogens (primary N) is 1. The predicted octanol–water partition coefficient (Wildman–Crippen LogP) is 3.26. The fraction of sp³-hybridized carbons (Fsp3) is 0.0714. The van der Waals surface area contributed by atoms with Gasteiger partial charge in [-0.25, -0.2) is 8.78 Å². The van der Waals surface area contributed by atoms with Gasteiger partial charge in [0.15, 0.2) is 11.6 Å². The molecule has 3 nitrogen and oxygen atoms in total. The number of anilines is 1. The third-order valence-corrected chi connectivity index (χ3v) is 2.97. The Hall–Kier alpha value is -2.14. The monoisotopic (exact) mass is 296 g/mol. The van der Waals surface area contributed by atoms with E-state index in [0.717, 1.165) is 12.1 Å². The topological polar surface area (TPSA) is 55.1 Å². The molecule has 0 fully saturated rings. The van der Waals surface area contributed by atoms with Crippen LogP contribution >= 0.6 is 11.6 Å². The van der Waals surface area contributed by atoms with Crippen LogP contribution in [-0.4, -0.2) is 5.91 Å². The summed E-state index contributed by atoms with van der Waals surface area (Å²) in [6, 6.07) is 8.79. The van der Waals surface area contributed by atoms with Crippen molar-refractivity contribution in [2.24, 2.45) is 5.73 Å². The molecule has 0 saturated heterocycles. The Balaban J connectivity index is 2.29. The van der Waals surface area contributed by atoms with E-state index in [1.165, 1.54) is 6.07 Å². The molecule has 0 aliphatic carbocycles. The minimum Gasteiger partial charge on any atom is -0.370 e. The second-order valence-corrected chi connectivity index (χ2v) is 4.60. The lowest BCUT2D eigenvalue weighted by atomic mass is 10.1. The fourth-order valence-electron chi connectivity index (χ4n) is 1.72. The van der Waals surface area contributed by atoms with Crippen molar-refractivity contribution in [3.8, 4) is 0 Å². The highest BCUT2D eigenvalue weighted by molar-refractivity contribution is 6.30. The van der Waals surface area contributed by atoms with Crippen molar-refractivity contribution >= 4 is 23.2 Å². The highest BCUT2D eigenvalue weighted by Gasteiger charge is 2.19. The summed E-state index contributed by atoms with van der Waals surface area (Å²) in [5.41, 5.74) is 6.12. The van der Waals surface area contributed by atoms with Crippen molar-refractivity contribution in [1.29, 1.82) is 0 Å². The summed E-state index contributed by atoms with van der Waals surface area (Å²) < 4.78 is 26.1. The number of hydrogen-bond donors (Lipinski definition) is 2. The van der Waals surface area contributed by atoms with Gasteiger partial charge in [-0.3, -0.25) is 4.79 Å². The molecule has 0 aliphatic heterocycles. The number of halogens is 3. The van der Waals surface area contributed by atoms with Gasteiger partial charge in [-0.05, 0) is 42.0 Å². The lowest BCUT2D eigenvalue weighted by molar-refractivity contribution is -0.118. The van der Waals surface area contributed by atoms with E-state index in [9.17, 15) is 13.6 Å². The summed E-state index contributed by atoms with van der Waals surface area (Å²) in [6.07, 6.45) is 0. The van der Waals surface area contributed by atoms with Crippen molar-refractivity contribution in [1.82, 2.24) is 0 Å². The van der Waals surface area contributed by atoms with Crippen molar-refractivity contribution < 1.29 is 13.6 Å². The third-order valence-electron chi connectivity index (χ3n) is 2.72. The van der Waals surface area contributed by atoms with Crippen LogP contribution in [0.5, 0.6) is 0 Å². The van der Waals surface area contributed by atoms with Crippen molar-refractivity contribution in [3.63, 3.8) is 0 Å². The maximum absolute atomic E-state index is 13.2. The molecule has 0 aliphatic rings. The first-order valence-electron chi connectivity index (χ1n) is 5.74. The summed E-state index contributed by atoms with van der Waals surface area (Å²) in [5, 5.41) is 3.39. The predicted molar refractivity (Wildman–Crippen MR) is 73.4 cm³/mol. The van der Waals surface area contributed by atoms with E-state index < -0.39 is 23.6 Å². The number of nitrogens with one attached hydrogen (secondary N) is 1. The molecule has 1 amide bonds. The molecule has 2 aromatic rings. The Labute approximate surface area is 119 Å². The lowest BCUT2D eigenvalue weighted by Crippen LogP contribution is -2.27. The molecule has 104 valence electrons. The van der Waals surface area contributed by atoms with Gasteiger partial charge >= 0.3 is 0 Å². The zero-order chi connectivity index (χ0) is 14.7. The first-order valence-corrected chi connectivity index (χ1v) is 6.11. The Kier molecular flexibility index (Phi) is 4.20. The first-order chi connectivity index (χ1) is 9.47. The summed E-state index contributed by atoms with van der Waals surface area (Å²) >= 11 is 5.76. The average Bonchev–Trinajstić information content (AvgIpc) is 2.41.